The molecular weight excluding hydrogens is 362 g/mol. The molecule has 7 nitrogen and oxygen atoms in total. The maximum atomic E-state index is 12.5. The van der Waals surface area contributed by atoms with Crippen LogP contribution in [0.4, 0.5) is 0 Å². The van der Waals surface area contributed by atoms with Gasteiger partial charge < -0.3 is 10.3 Å². The zero-order valence-corrected chi connectivity index (χ0v) is 14.3. The molecule has 0 aliphatic rings. The first-order valence-corrected chi connectivity index (χ1v) is 7.83. The van der Waals surface area contributed by atoms with E-state index in [9.17, 15) is 9.59 Å². The Morgan fingerprint density at radius 2 is 1.83 bits per heavy atom. The van der Waals surface area contributed by atoms with Crippen LogP contribution in [-0.4, -0.2) is 18.7 Å². The molecule has 0 saturated heterocycles. The molecule has 0 aliphatic carbocycles. The Balaban J connectivity index is 2.17. The van der Waals surface area contributed by atoms with E-state index in [1.807, 2.05) is 30.3 Å². The summed E-state index contributed by atoms with van der Waals surface area (Å²) < 4.78 is 4.60. The summed E-state index contributed by atoms with van der Waals surface area (Å²) in [5.74, 6) is 0. The van der Waals surface area contributed by atoms with E-state index in [0.717, 1.165) is 10.1 Å². The van der Waals surface area contributed by atoms with E-state index in [2.05, 4.69) is 20.9 Å². The summed E-state index contributed by atoms with van der Waals surface area (Å²) in [5.41, 5.74) is 7.11. The third-order valence-corrected chi connectivity index (χ3v) is 4.51. The lowest BCUT2D eigenvalue weighted by atomic mass is 10.1. The summed E-state index contributed by atoms with van der Waals surface area (Å²) in [7, 11) is 3.04. The first-order chi connectivity index (χ1) is 10.9. The van der Waals surface area contributed by atoms with Gasteiger partial charge >= 0.3 is 5.69 Å². The SMILES string of the molecule is Cn1c(=O)c2c(nc(Br)n2CC(N)c2ccccc2)n(C)c1=O. The van der Waals surface area contributed by atoms with Crippen molar-refractivity contribution in [3.8, 4) is 0 Å². The highest BCUT2D eigenvalue weighted by atomic mass is 79.9. The van der Waals surface area contributed by atoms with Crippen LogP contribution >= 0.6 is 15.9 Å². The van der Waals surface area contributed by atoms with Gasteiger partial charge in [-0.2, -0.15) is 0 Å². The number of nitrogens with two attached hydrogens (primary N) is 1. The van der Waals surface area contributed by atoms with Gasteiger partial charge in [-0.05, 0) is 21.5 Å². The molecule has 120 valence electrons. The molecule has 3 aromatic rings. The topological polar surface area (TPSA) is 87.8 Å². The van der Waals surface area contributed by atoms with Gasteiger partial charge in [0.25, 0.3) is 5.56 Å². The molecule has 0 bridgehead atoms. The van der Waals surface area contributed by atoms with Crippen LogP contribution < -0.4 is 17.0 Å². The molecule has 8 heteroatoms. The summed E-state index contributed by atoms with van der Waals surface area (Å²) >= 11 is 3.36. The number of hydrogen-bond acceptors (Lipinski definition) is 4. The van der Waals surface area contributed by atoms with E-state index in [4.69, 9.17) is 5.73 Å². The highest BCUT2D eigenvalue weighted by Gasteiger charge is 2.19. The zero-order valence-electron chi connectivity index (χ0n) is 12.7. The molecular formula is C15H16BrN5O2. The molecule has 0 fully saturated rings. The molecule has 3 rings (SSSR count). The Labute approximate surface area is 140 Å². The fourth-order valence-corrected chi connectivity index (χ4v) is 3.08. The van der Waals surface area contributed by atoms with Gasteiger partial charge in [0.15, 0.2) is 15.9 Å². The van der Waals surface area contributed by atoms with Gasteiger partial charge in [-0.15, -0.1) is 0 Å². The van der Waals surface area contributed by atoms with Crippen LogP contribution in [0.25, 0.3) is 11.2 Å². The van der Waals surface area contributed by atoms with Gasteiger partial charge in [0.1, 0.15) is 0 Å². The molecule has 0 spiro atoms. The van der Waals surface area contributed by atoms with Gasteiger partial charge in [-0.3, -0.25) is 13.9 Å². The summed E-state index contributed by atoms with van der Waals surface area (Å²) in [5, 5.41) is 0. The summed E-state index contributed by atoms with van der Waals surface area (Å²) in [6, 6.07) is 9.33. The van der Waals surface area contributed by atoms with Crippen molar-refractivity contribution in [2.45, 2.75) is 12.6 Å². The van der Waals surface area contributed by atoms with Crippen LogP contribution in [0.15, 0.2) is 44.7 Å². The van der Waals surface area contributed by atoms with Crippen molar-refractivity contribution in [1.29, 1.82) is 0 Å². The third kappa shape index (κ3) is 2.53. The maximum absolute atomic E-state index is 12.5. The van der Waals surface area contributed by atoms with Crippen LogP contribution in [0.3, 0.4) is 0 Å². The molecule has 0 amide bonds. The van der Waals surface area contributed by atoms with Crippen molar-refractivity contribution in [3.05, 3.63) is 61.5 Å². The minimum absolute atomic E-state index is 0.299. The predicted octanol–water partition coefficient (Wildman–Crippen LogP) is 0.896. The smallest absolute Gasteiger partial charge is 0.322 e. The van der Waals surface area contributed by atoms with E-state index in [0.29, 0.717) is 22.4 Å². The van der Waals surface area contributed by atoms with Crippen molar-refractivity contribution >= 4 is 27.1 Å². The molecule has 0 radical (unpaired) electrons. The van der Waals surface area contributed by atoms with E-state index in [-0.39, 0.29) is 11.6 Å². The summed E-state index contributed by atoms with van der Waals surface area (Å²) in [6.45, 7) is 0.370. The van der Waals surface area contributed by atoms with Crippen molar-refractivity contribution in [3.63, 3.8) is 0 Å². The highest BCUT2D eigenvalue weighted by Crippen LogP contribution is 2.20. The van der Waals surface area contributed by atoms with E-state index >= 15 is 0 Å². The minimum Gasteiger partial charge on any atom is -0.322 e. The lowest BCUT2D eigenvalue weighted by molar-refractivity contribution is 0.576. The van der Waals surface area contributed by atoms with Gasteiger partial charge in [0, 0.05) is 26.7 Å². The van der Waals surface area contributed by atoms with Crippen LogP contribution in [0, 0.1) is 0 Å². The fraction of sp³-hybridized carbons (Fsp3) is 0.267. The maximum Gasteiger partial charge on any atom is 0.332 e. The number of halogens is 1. The average molecular weight is 378 g/mol. The van der Waals surface area contributed by atoms with Gasteiger partial charge in [0.05, 0.1) is 0 Å². The molecule has 2 aromatic heterocycles. The van der Waals surface area contributed by atoms with E-state index in [1.54, 1.807) is 11.6 Å². The zero-order chi connectivity index (χ0) is 16.7. The number of nitrogens with zero attached hydrogens (tertiary/aromatic N) is 4. The second kappa shape index (κ2) is 5.78. The molecule has 1 unspecified atom stereocenters. The van der Waals surface area contributed by atoms with Crippen molar-refractivity contribution in [2.24, 2.45) is 19.8 Å². The standard InChI is InChI=1S/C15H16BrN5O2/c1-19-12-11(13(22)20(2)15(19)23)21(14(16)18-12)8-10(17)9-6-4-3-5-7-9/h3-7,10H,8,17H2,1-2H3. The number of imidazole rings is 1. The first-order valence-electron chi connectivity index (χ1n) is 7.04. The molecule has 23 heavy (non-hydrogen) atoms. The predicted molar refractivity (Wildman–Crippen MR) is 91.3 cm³/mol. The van der Waals surface area contributed by atoms with Crippen LogP contribution in [0.2, 0.25) is 0 Å². The molecule has 1 atom stereocenters. The van der Waals surface area contributed by atoms with Gasteiger partial charge in [-0.1, -0.05) is 30.3 Å². The van der Waals surface area contributed by atoms with Gasteiger partial charge in [0.2, 0.25) is 0 Å². The number of hydrogen-bond donors (Lipinski definition) is 1. The number of aromatic nitrogens is 4. The summed E-state index contributed by atoms with van der Waals surface area (Å²) in [4.78, 5) is 28.8. The monoisotopic (exact) mass is 377 g/mol. The number of aryl methyl sites for hydroxylation is 1. The minimum atomic E-state index is -0.410. The van der Waals surface area contributed by atoms with E-state index in [1.165, 1.54) is 11.6 Å². The van der Waals surface area contributed by atoms with Crippen molar-refractivity contribution < 1.29 is 0 Å². The number of rotatable bonds is 3. The number of fused-ring (bicyclic) bond motifs is 1. The number of benzene rings is 1. The lowest BCUT2D eigenvalue weighted by Gasteiger charge is -2.14. The highest BCUT2D eigenvalue weighted by molar-refractivity contribution is 9.10. The quantitative estimate of drug-likeness (QED) is 0.686. The fourth-order valence-electron chi connectivity index (χ4n) is 2.59. The Morgan fingerprint density at radius 3 is 2.48 bits per heavy atom. The van der Waals surface area contributed by atoms with Crippen LogP contribution in [0.1, 0.15) is 11.6 Å². The van der Waals surface area contributed by atoms with Crippen molar-refractivity contribution in [2.75, 3.05) is 0 Å². The molecule has 0 saturated carbocycles. The molecule has 2 N–H and O–H groups in total. The van der Waals surface area contributed by atoms with Gasteiger partial charge in [-0.25, -0.2) is 9.78 Å². The largest absolute Gasteiger partial charge is 0.332 e. The second-order valence-electron chi connectivity index (χ2n) is 5.39. The Hall–Kier alpha value is -2.19. The average Bonchev–Trinajstić information content (AvgIpc) is 2.88. The Bertz CT molecular complexity index is 987. The normalized spacial score (nSPS) is 12.7. The Kier molecular flexibility index (Phi) is 3.95. The van der Waals surface area contributed by atoms with Crippen molar-refractivity contribution in [1.82, 2.24) is 18.7 Å². The lowest BCUT2D eigenvalue weighted by Crippen LogP contribution is -2.37. The molecule has 1 aromatic carbocycles. The third-order valence-electron chi connectivity index (χ3n) is 3.91. The summed E-state index contributed by atoms with van der Waals surface area (Å²) in [6.07, 6.45) is 0. The first kappa shape index (κ1) is 15.7. The molecule has 0 aliphatic heterocycles. The van der Waals surface area contributed by atoms with Crippen LogP contribution in [-0.2, 0) is 20.6 Å². The molecule has 2 heterocycles. The van der Waals surface area contributed by atoms with Crippen LogP contribution in [0.5, 0.6) is 0 Å². The second-order valence-corrected chi connectivity index (χ2v) is 6.10. The van der Waals surface area contributed by atoms with E-state index < -0.39 is 5.69 Å². The Morgan fingerprint density at radius 1 is 1.17 bits per heavy atom.